The van der Waals surface area contributed by atoms with Gasteiger partial charge < -0.3 is 26.2 Å². The van der Waals surface area contributed by atoms with E-state index in [0.717, 1.165) is 37.6 Å². The molecule has 5 rings (SSSR count). The van der Waals surface area contributed by atoms with E-state index in [1.54, 1.807) is 6.20 Å². The maximum absolute atomic E-state index is 12.0. The fourth-order valence-corrected chi connectivity index (χ4v) is 5.40. The lowest BCUT2D eigenvalue weighted by molar-refractivity contribution is 0.0997. The van der Waals surface area contributed by atoms with Gasteiger partial charge in [0.25, 0.3) is 5.91 Å². The summed E-state index contributed by atoms with van der Waals surface area (Å²) in [4.78, 5) is 25.0. The molecule has 0 saturated carbocycles. The predicted molar refractivity (Wildman–Crippen MR) is 130 cm³/mol. The van der Waals surface area contributed by atoms with E-state index in [9.17, 15) is 9.82 Å². The molecule has 33 heavy (non-hydrogen) atoms. The van der Waals surface area contributed by atoms with Crippen molar-refractivity contribution in [3.63, 3.8) is 0 Å². The van der Waals surface area contributed by atoms with E-state index in [4.69, 9.17) is 5.73 Å². The first kappa shape index (κ1) is 21.8. The number of primary amides is 1. The molecule has 2 aromatic heterocycles. The number of amides is 1. The van der Waals surface area contributed by atoms with Crippen LogP contribution in [0.25, 0.3) is 0 Å². The van der Waals surface area contributed by atoms with Crippen molar-refractivity contribution in [3.05, 3.63) is 65.5 Å². The van der Waals surface area contributed by atoms with Gasteiger partial charge in [-0.2, -0.15) is 0 Å². The highest BCUT2D eigenvalue weighted by Gasteiger charge is 2.33. The number of aromatic nitrogens is 2. The molecule has 0 unspecified atom stereocenters. The Kier molecular flexibility index (Phi) is 6.27. The number of carbonyl (C=O) groups excluding carboxylic acids is 1. The van der Waals surface area contributed by atoms with Crippen LogP contribution in [0.4, 0.5) is 16.0 Å². The average Bonchev–Trinajstić information content (AvgIpc) is 3.45. The van der Waals surface area contributed by atoms with Crippen LogP contribution in [0.5, 0.6) is 0 Å². The van der Waals surface area contributed by atoms with Crippen molar-refractivity contribution in [3.8, 4) is 0 Å². The minimum atomic E-state index is -0.721. The second-order valence-electron chi connectivity index (χ2n) is 8.38. The summed E-state index contributed by atoms with van der Waals surface area (Å²) < 4.78 is 0. The Labute approximate surface area is 196 Å². The summed E-state index contributed by atoms with van der Waals surface area (Å²) in [5.74, 6) is 0.0507. The van der Waals surface area contributed by atoms with Gasteiger partial charge in [-0.25, -0.2) is 9.97 Å². The number of fused-ring (bicyclic) bond motifs is 1. The number of piperidine rings is 1. The van der Waals surface area contributed by atoms with Crippen LogP contribution in [-0.4, -0.2) is 52.0 Å². The molecule has 4 heterocycles. The molecule has 2 aliphatic heterocycles. The van der Waals surface area contributed by atoms with E-state index in [-0.39, 0.29) is 11.7 Å². The van der Waals surface area contributed by atoms with Crippen molar-refractivity contribution in [1.29, 1.82) is 0 Å². The number of pyridine rings is 1. The number of benzene rings is 1. The predicted octanol–water partition coefficient (Wildman–Crippen LogP) is 1.93. The molecule has 11 heteroatoms. The fraction of sp³-hybridized carbons (Fsp3) is 0.318. The standard InChI is InChI=1S/C22H26BN7O2S/c24-20(31)19-21(26-18-9-3-4-10-25-18)33-22(27-19)29-11-5-8-17(14-29)28-23(32)30-12-15-6-1-2-7-16(15)13-30/h1-4,6-7,9-10,17,28,32H,5,8,11-14H2,(H2,24,31)(H,25,26)/t17-/m1/s1. The maximum atomic E-state index is 12.0. The van der Waals surface area contributed by atoms with Crippen LogP contribution in [0, 0.1) is 0 Å². The van der Waals surface area contributed by atoms with E-state index >= 15 is 0 Å². The number of nitrogens with one attached hydrogen (secondary N) is 2. The first-order valence-corrected chi connectivity index (χ1v) is 11.9. The summed E-state index contributed by atoms with van der Waals surface area (Å²) in [6.45, 7) is 2.99. The molecule has 1 aromatic carbocycles. The molecule has 2 aliphatic rings. The van der Waals surface area contributed by atoms with E-state index in [1.807, 2.05) is 35.1 Å². The number of thiazole rings is 1. The normalized spacial score (nSPS) is 18.2. The molecule has 1 fully saturated rings. The highest BCUT2D eigenvalue weighted by molar-refractivity contribution is 7.20. The molecule has 1 amide bonds. The van der Waals surface area contributed by atoms with Crippen molar-refractivity contribution in [2.45, 2.75) is 32.0 Å². The van der Waals surface area contributed by atoms with Crippen molar-refractivity contribution < 1.29 is 9.82 Å². The maximum Gasteiger partial charge on any atom is 0.474 e. The molecule has 0 bridgehead atoms. The summed E-state index contributed by atoms with van der Waals surface area (Å²) in [5, 5.41) is 18.7. The Bertz CT molecular complexity index is 1100. The lowest BCUT2D eigenvalue weighted by Crippen LogP contribution is -2.56. The second-order valence-corrected chi connectivity index (χ2v) is 9.36. The first-order valence-electron chi connectivity index (χ1n) is 11.1. The molecule has 0 radical (unpaired) electrons. The van der Waals surface area contributed by atoms with Crippen molar-refractivity contribution in [1.82, 2.24) is 20.0 Å². The molecular weight excluding hydrogens is 437 g/mol. The van der Waals surface area contributed by atoms with Crippen LogP contribution in [0.3, 0.4) is 0 Å². The highest BCUT2D eigenvalue weighted by atomic mass is 32.1. The quantitative estimate of drug-likeness (QED) is 0.393. The smallest absolute Gasteiger partial charge is 0.424 e. The van der Waals surface area contributed by atoms with Crippen molar-refractivity contribution >= 4 is 40.4 Å². The first-order chi connectivity index (χ1) is 16.1. The molecular formula is C22H26BN7O2S. The second kappa shape index (κ2) is 9.48. The SMILES string of the molecule is NC(=O)c1nc(N2CCC[C@@H](NB(O)N3Cc4ccccc4C3)C2)sc1Nc1ccccn1. The number of anilines is 3. The van der Waals surface area contributed by atoms with Gasteiger partial charge in [0.2, 0.25) is 0 Å². The van der Waals surface area contributed by atoms with Crippen LogP contribution in [0.1, 0.15) is 34.5 Å². The third kappa shape index (κ3) is 4.86. The third-order valence-corrected chi connectivity index (χ3v) is 7.08. The number of nitrogens with zero attached hydrogens (tertiary/aromatic N) is 4. The Morgan fingerprint density at radius 2 is 1.94 bits per heavy atom. The summed E-state index contributed by atoms with van der Waals surface area (Å²) in [5.41, 5.74) is 8.32. The van der Waals surface area contributed by atoms with Crippen LogP contribution >= 0.6 is 11.3 Å². The van der Waals surface area contributed by atoms with Crippen LogP contribution in [0.2, 0.25) is 0 Å². The summed E-state index contributed by atoms with van der Waals surface area (Å²) in [6, 6.07) is 13.9. The third-order valence-electron chi connectivity index (χ3n) is 6.04. The highest BCUT2D eigenvalue weighted by Crippen LogP contribution is 2.34. The van der Waals surface area contributed by atoms with Gasteiger partial charge in [-0.15, -0.1) is 0 Å². The monoisotopic (exact) mass is 463 g/mol. The largest absolute Gasteiger partial charge is 0.474 e. The molecule has 9 nitrogen and oxygen atoms in total. The van der Waals surface area contributed by atoms with E-state index in [2.05, 4.69) is 37.5 Å². The summed E-state index contributed by atoms with van der Waals surface area (Å²) >= 11 is 1.39. The Balaban J connectivity index is 1.25. The van der Waals surface area contributed by atoms with Crippen LogP contribution in [-0.2, 0) is 13.1 Å². The Morgan fingerprint density at radius 1 is 1.18 bits per heavy atom. The lowest BCUT2D eigenvalue weighted by Gasteiger charge is -2.34. The number of hydrogen-bond acceptors (Lipinski definition) is 9. The molecule has 170 valence electrons. The van der Waals surface area contributed by atoms with Gasteiger partial charge >= 0.3 is 7.19 Å². The zero-order chi connectivity index (χ0) is 22.8. The molecule has 3 aromatic rings. The van der Waals surface area contributed by atoms with Crippen LogP contribution < -0.4 is 21.2 Å². The minimum Gasteiger partial charge on any atom is -0.424 e. The molecule has 5 N–H and O–H groups in total. The van der Waals surface area contributed by atoms with Crippen molar-refractivity contribution in [2.75, 3.05) is 23.3 Å². The number of nitrogens with two attached hydrogens (primary N) is 1. The van der Waals surface area contributed by atoms with Crippen molar-refractivity contribution in [2.24, 2.45) is 5.73 Å². The Hall–Kier alpha value is -2.99. The molecule has 1 atom stereocenters. The molecule has 0 spiro atoms. The van der Waals surface area contributed by atoms with E-state index in [0.29, 0.717) is 17.4 Å². The van der Waals surface area contributed by atoms with Gasteiger partial charge in [0.15, 0.2) is 10.8 Å². The zero-order valence-electron chi connectivity index (χ0n) is 18.1. The number of hydrogen-bond donors (Lipinski definition) is 4. The van der Waals surface area contributed by atoms with E-state index in [1.165, 1.54) is 22.5 Å². The summed E-state index contributed by atoms with van der Waals surface area (Å²) in [6.07, 6.45) is 3.60. The molecule has 0 aliphatic carbocycles. The van der Waals surface area contributed by atoms with Gasteiger partial charge in [0, 0.05) is 38.4 Å². The minimum absolute atomic E-state index is 0.102. The van der Waals surface area contributed by atoms with Gasteiger partial charge in [0.1, 0.15) is 10.8 Å². The topological polar surface area (TPSA) is 120 Å². The molecule has 1 saturated heterocycles. The zero-order valence-corrected chi connectivity index (χ0v) is 19.0. The number of carbonyl (C=O) groups is 1. The summed E-state index contributed by atoms with van der Waals surface area (Å²) in [7, 11) is -0.721. The average molecular weight is 463 g/mol. The van der Waals surface area contributed by atoms with Gasteiger partial charge in [-0.3, -0.25) is 9.61 Å². The number of rotatable bonds is 7. The van der Waals surface area contributed by atoms with Gasteiger partial charge in [-0.1, -0.05) is 41.7 Å². The Morgan fingerprint density at radius 3 is 2.64 bits per heavy atom. The van der Waals surface area contributed by atoms with Crippen LogP contribution in [0.15, 0.2) is 48.7 Å². The fourth-order valence-electron chi connectivity index (χ4n) is 4.38. The lowest BCUT2D eigenvalue weighted by atomic mass is 9.93. The van der Waals surface area contributed by atoms with Gasteiger partial charge in [0.05, 0.1) is 0 Å². The van der Waals surface area contributed by atoms with E-state index < -0.39 is 13.1 Å². The van der Waals surface area contributed by atoms with Gasteiger partial charge in [-0.05, 0) is 36.1 Å².